The predicted molar refractivity (Wildman–Crippen MR) is 101 cm³/mol. The summed E-state index contributed by atoms with van der Waals surface area (Å²) < 4.78 is 3.15. The van der Waals surface area contributed by atoms with Crippen LogP contribution in [-0.4, -0.2) is 20.8 Å². The fourth-order valence-corrected chi connectivity index (χ4v) is 3.74. The van der Waals surface area contributed by atoms with E-state index >= 15 is 0 Å². The molecule has 2 aromatic carbocycles. The molecule has 0 radical (unpaired) electrons. The quantitative estimate of drug-likeness (QED) is 0.573. The Labute approximate surface area is 144 Å². The van der Waals surface area contributed by atoms with E-state index in [1.807, 2.05) is 35.1 Å². The van der Waals surface area contributed by atoms with Gasteiger partial charge in [-0.25, -0.2) is 9.67 Å². The molecule has 24 heavy (non-hydrogen) atoms. The Morgan fingerprint density at radius 1 is 1.04 bits per heavy atom. The van der Waals surface area contributed by atoms with Crippen LogP contribution in [0.15, 0.2) is 60.8 Å². The zero-order chi connectivity index (χ0) is 16.5. The lowest BCUT2D eigenvalue weighted by molar-refractivity contribution is 0.888. The Bertz CT molecular complexity index is 969. The van der Waals surface area contributed by atoms with E-state index < -0.39 is 0 Å². The van der Waals surface area contributed by atoms with Crippen LogP contribution in [0.4, 0.5) is 5.13 Å². The van der Waals surface area contributed by atoms with Crippen LogP contribution in [0.1, 0.15) is 13.8 Å². The third kappa shape index (κ3) is 2.78. The standard InChI is InChI=1S/C19H18N4S/c1-13(2)21-19-22-16-9-8-14(12-18(16)24-19)17-10-11-20-23(17)15-6-4-3-5-7-15/h3-13H,1-2H3,(H,21,22). The highest BCUT2D eigenvalue weighted by Crippen LogP contribution is 2.31. The average Bonchev–Trinajstić information content (AvgIpc) is 3.20. The Kier molecular flexibility index (Phi) is 3.78. The molecule has 0 aliphatic heterocycles. The Morgan fingerprint density at radius 2 is 1.88 bits per heavy atom. The Morgan fingerprint density at radius 3 is 2.67 bits per heavy atom. The number of benzene rings is 2. The molecule has 4 rings (SSSR count). The van der Waals surface area contributed by atoms with Crippen LogP contribution in [0.3, 0.4) is 0 Å². The fraction of sp³-hybridized carbons (Fsp3) is 0.158. The minimum Gasteiger partial charge on any atom is -0.359 e. The van der Waals surface area contributed by atoms with Gasteiger partial charge in [0.1, 0.15) is 0 Å². The van der Waals surface area contributed by atoms with Crippen LogP contribution in [-0.2, 0) is 0 Å². The second-order valence-corrected chi connectivity index (χ2v) is 7.00. The molecule has 1 N–H and O–H groups in total. The normalized spacial score (nSPS) is 11.3. The first-order valence-electron chi connectivity index (χ1n) is 7.97. The van der Waals surface area contributed by atoms with E-state index in [4.69, 9.17) is 0 Å². The second-order valence-electron chi connectivity index (χ2n) is 5.96. The molecule has 5 heteroatoms. The lowest BCUT2D eigenvalue weighted by Gasteiger charge is -2.07. The maximum Gasteiger partial charge on any atom is 0.183 e. The first kappa shape index (κ1) is 14.9. The smallest absolute Gasteiger partial charge is 0.183 e. The van der Waals surface area contributed by atoms with Crippen molar-refractivity contribution in [3.63, 3.8) is 0 Å². The van der Waals surface area contributed by atoms with Crippen LogP contribution in [0.25, 0.3) is 27.2 Å². The van der Waals surface area contributed by atoms with Crippen molar-refractivity contribution in [3.8, 4) is 16.9 Å². The van der Waals surface area contributed by atoms with E-state index in [1.54, 1.807) is 11.3 Å². The summed E-state index contributed by atoms with van der Waals surface area (Å²) in [5.41, 5.74) is 4.31. The van der Waals surface area contributed by atoms with Crippen molar-refractivity contribution < 1.29 is 0 Å². The molecule has 4 aromatic rings. The van der Waals surface area contributed by atoms with Gasteiger partial charge in [0.15, 0.2) is 5.13 Å². The number of thiazole rings is 1. The molecule has 0 bridgehead atoms. The molecule has 0 unspecified atom stereocenters. The molecule has 0 amide bonds. The summed E-state index contributed by atoms with van der Waals surface area (Å²) >= 11 is 1.69. The van der Waals surface area contributed by atoms with Crippen LogP contribution in [0, 0.1) is 0 Å². The van der Waals surface area contributed by atoms with Gasteiger partial charge in [-0.05, 0) is 44.2 Å². The molecule has 2 aromatic heterocycles. The summed E-state index contributed by atoms with van der Waals surface area (Å²) in [6.07, 6.45) is 1.84. The highest BCUT2D eigenvalue weighted by Gasteiger charge is 2.10. The van der Waals surface area contributed by atoms with E-state index in [-0.39, 0.29) is 0 Å². The molecule has 0 fully saturated rings. The third-order valence-corrected chi connectivity index (χ3v) is 4.69. The molecule has 120 valence electrons. The molecule has 4 nitrogen and oxygen atoms in total. The number of anilines is 1. The van der Waals surface area contributed by atoms with Crippen molar-refractivity contribution in [2.24, 2.45) is 0 Å². The zero-order valence-electron chi connectivity index (χ0n) is 13.6. The number of aromatic nitrogens is 3. The minimum absolute atomic E-state index is 0.379. The van der Waals surface area contributed by atoms with Gasteiger partial charge in [0.05, 0.1) is 27.8 Å². The van der Waals surface area contributed by atoms with E-state index in [9.17, 15) is 0 Å². The number of para-hydroxylation sites is 1. The maximum atomic E-state index is 4.64. The van der Waals surface area contributed by atoms with Crippen LogP contribution >= 0.6 is 11.3 Å². The van der Waals surface area contributed by atoms with Gasteiger partial charge in [-0.3, -0.25) is 0 Å². The zero-order valence-corrected chi connectivity index (χ0v) is 14.4. The lowest BCUT2D eigenvalue weighted by Crippen LogP contribution is -2.08. The Balaban J connectivity index is 1.76. The lowest BCUT2D eigenvalue weighted by atomic mass is 10.1. The van der Waals surface area contributed by atoms with Crippen molar-refractivity contribution in [2.75, 3.05) is 5.32 Å². The van der Waals surface area contributed by atoms with Crippen molar-refractivity contribution in [3.05, 3.63) is 60.8 Å². The summed E-state index contributed by atoms with van der Waals surface area (Å²) in [5, 5.41) is 8.82. The van der Waals surface area contributed by atoms with Gasteiger partial charge in [-0.1, -0.05) is 35.6 Å². The summed E-state index contributed by atoms with van der Waals surface area (Å²) in [5.74, 6) is 0. The van der Waals surface area contributed by atoms with Crippen molar-refractivity contribution in [1.82, 2.24) is 14.8 Å². The van der Waals surface area contributed by atoms with E-state index in [2.05, 4.69) is 59.6 Å². The summed E-state index contributed by atoms with van der Waals surface area (Å²) in [6, 6.07) is 19.0. The average molecular weight is 334 g/mol. The topological polar surface area (TPSA) is 42.7 Å². The molecule has 0 saturated heterocycles. The van der Waals surface area contributed by atoms with Crippen LogP contribution < -0.4 is 5.32 Å². The van der Waals surface area contributed by atoms with Crippen molar-refractivity contribution in [2.45, 2.75) is 19.9 Å². The second kappa shape index (κ2) is 6.09. The van der Waals surface area contributed by atoms with Gasteiger partial charge in [-0.2, -0.15) is 5.10 Å². The highest BCUT2D eigenvalue weighted by molar-refractivity contribution is 7.22. The summed E-state index contributed by atoms with van der Waals surface area (Å²) in [6.45, 7) is 4.24. The molecule has 0 spiro atoms. The van der Waals surface area contributed by atoms with E-state index in [0.29, 0.717) is 6.04 Å². The predicted octanol–water partition coefficient (Wildman–Crippen LogP) is 4.97. The summed E-state index contributed by atoms with van der Waals surface area (Å²) in [7, 11) is 0. The monoisotopic (exact) mass is 334 g/mol. The fourth-order valence-electron chi connectivity index (χ4n) is 2.69. The van der Waals surface area contributed by atoms with Gasteiger partial charge < -0.3 is 5.32 Å². The highest BCUT2D eigenvalue weighted by atomic mass is 32.1. The molecule has 0 saturated carbocycles. The maximum absolute atomic E-state index is 4.64. The SMILES string of the molecule is CC(C)Nc1nc2ccc(-c3ccnn3-c3ccccc3)cc2s1. The number of nitrogens with one attached hydrogen (secondary N) is 1. The Hall–Kier alpha value is -2.66. The van der Waals surface area contributed by atoms with E-state index in [0.717, 1.165) is 27.6 Å². The molecule has 2 heterocycles. The first-order valence-corrected chi connectivity index (χ1v) is 8.79. The van der Waals surface area contributed by atoms with Gasteiger partial charge in [0.25, 0.3) is 0 Å². The summed E-state index contributed by atoms with van der Waals surface area (Å²) in [4.78, 5) is 4.64. The molecule has 0 aliphatic carbocycles. The first-order chi connectivity index (χ1) is 11.7. The van der Waals surface area contributed by atoms with Crippen molar-refractivity contribution >= 4 is 26.7 Å². The van der Waals surface area contributed by atoms with Crippen LogP contribution in [0.2, 0.25) is 0 Å². The number of rotatable bonds is 4. The molecule has 0 atom stereocenters. The molecule has 0 aliphatic rings. The van der Waals surface area contributed by atoms with Gasteiger partial charge in [0.2, 0.25) is 0 Å². The van der Waals surface area contributed by atoms with Crippen molar-refractivity contribution in [1.29, 1.82) is 0 Å². The third-order valence-electron chi connectivity index (χ3n) is 3.74. The largest absolute Gasteiger partial charge is 0.359 e. The van der Waals surface area contributed by atoms with E-state index in [1.165, 1.54) is 4.70 Å². The van der Waals surface area contributed by atoms with Gasteiger partial charge >= 0.3 is 0 Å². The van der Waals surface area contributed by atoms with Gasteiger partial charge in [-0.15, -0.1) is 0 Å². The number of hydrogen-bond donors (Lipinski definition) is 1. The van der Waals surface area contributed by atoms with Gasteiger partial charge in [0, 0.05) is 11.6 Å². The number of fused-ring (bicyclic) bond motifs is 1. The molecular weight excluding hydrogens is 316 g/mol. The number of hydrogen-bond acceptors (Lipinski definition) is 4. The minimum atomic E-state index is 0.379. The van der Waals surface area contributed by atoms with Crippen LogP contribution in [0.5, 0.6) is 0 Å². The molecular formula is C19H18N4S. The number of nitrogens with zero attached hydrogens (tertiary/aromatic N) is 3.